The summed E-state index contributed by atoms with van der Waals surface area (Å²) in [7, 11) is 1.18. The van der Waals surface area contributed by atoms with Gasteiger partial charge in [0.15, 0.2) is 0 Å². The first-order valence-corrected chi connectivity index (χ1v) is 33.9. The number of carbonyl (C=O) groups is 2. The monoisotopic (exact) mass is 1090 g/mol. The Morgan fingerprint density at radius 1 is 0.474 bits per heavy atom. The first kappa shape index (κ1) is 74.0. The van der Waals surface area contributed by atoms with Gasteiger partial charge in [-0.2, -0.15) is 0 Å². The SMILES string of the molecule is CC/C=C/C=C/C=C/CCCCCCCCCC(=O)NC(COP(=O)([O-])OCC[N+](C)(C)C)C(/C=C\CCCCCCCCCCCC)OC(=O)CCCCCCCCCCCCCCCCCCCCCCCCC. The second kappa shape index (κ2) is 56.3. The molecule has 3 unspecified atom stereocenters. The lowest BCUT2D eigenvalue weighted by Crippen LogP contribution is -2.47. The van der Waals surface area contributed by atoms with Gasteiger partial charge in [0.05, 0.1) is 33.8 Å². The molecular formula is C66H125N2O7P. The smallest absolute Gasteiger partial charge is 0.306 e. The van der Waals surface area contributed by atoms with Crippen LogP contribution in [0.15, 0.2) is 48.6 Å². The van der Waals surface area contributed by atoms with E-state index in [0.29, 0.717) is 17.4 Å². The molecule has 446 valence electrons. The molecule has 0 saturated heterocycles. The van der Waals surface area contributed by atoms with Gasteiger partial charge in [-0.15, -0.1) is 0 Å². The topological polar surface area (TPSA) is 114 Å². The summed E-state index contributed by atoms with van der Waals surface area (Å²) in [4.78, 5) is 40.0. The number of rotatable bonds is 59. The minimum Gasteiger partial charge on any atom is -0.756 e. The number of ether oxygens (including phenoxy) is 1. The Kier molecular flexibility index (Phi) is 54.7. The van der Waals surface area contributed by atoms with Gasteiger partial charge in [0, 0.05) is 12.8 Å². The van der Waals surface area contributed by atoms with Crippen LogP contribution in [0, 0.1) is 0 Å². The standard InChI is InChI=1S/C66H125N2O7P/c1-7-10-13-16-19-22-25-28-30-31-32-33-34-35-36-37-39-41-44-47-50-53-56-59-66(70)75-64(57-54-51-48-45-42-27-24-21-18-15-12-9-3)63(62-74-76(71,72)73-61-60-68(4,5)6)67-65(69)58-55-52-49-46-43-40-38-29-26-23-20-17-14-11-8-2/h11,14,17,20,23,26,54,57,63-64H,7-10,12-13,15-16,18-19,21-22,24-25,27-53,55-56,58-62H2,1-6H3,(H-,67,69,71,72)/b14-11+,20-17+,26-23+,57-54-. The lowest BCUT2D eigenvalue weighted by atomic mass is 10.0. The number of nitrogens with one attached hydrogen (secondary N) is 1. The van der Waals surface area contributed by atoms with Crippen molar-refractivity contribution in [1.82, 2.24) is 5.32 Å². The number of amides is 1. The normalized spacial score (nSPS) is 13.9. The molecule has 0 spiro atoms. The number of esters is 1. The van der Waals surface area contributed by atoms with E-state index in [9.17, 15) is 19.0 Å². The molecule has 0 aliphatic carbocycles. The largest absolute Gasteiger partial charge is 0.756 e. The number of phosphoric ester groups is 1. The first-order chi connectivity index (χ1) is 36.9. The number of hydrogen-bond acceptors (Lipinski definition) is 7. The zero-order chi connectivity index (χ0) is 55.7. The molecule has 0 aromatic heterocycles. The van der Waals surface area contributed by atoms with Gasteiger partial charge in [-0.05, 0) is 51.0 Å². The summed E-state index contributed by atoms with van der Waals surface area (Å²) in [6.07, 6.45) is 69.5. The van der Waals surface area contributed by atoms with E-state index in [0.717, 1.165) is 77.0 Å². The molecule has 0 fully saturated rings. The fourth-order valence-electron chi connectivity index (χ4n) is 9.58. The Hall–Kier alpha value is -2.03. The van der Waals surface area contributed by atoms with Crippen LogP contribution in [0.3, 0.4) is 0 Å². The van der Waals surface area contributed by atoms with Crippen molar-refractivity contribution in [3.8, 4) is 0 Å². The molecule has 0 heterocycles. The summed E-state index contributed by atoms with van der Waals surface area (Å²) in [5.74, 6) is -0.543. The third-order valence-electron chi connectivity index (χ3n) is 14.6. The van der Waals surface area contributed by atoms with Crippen molar-refractivity contribution in [1.29, 1.82) is 0 Å². The van der Waals surface area contributed by atoms with Gasteiger partial charge < -0.3 is 28.5 Å². The van der Waals surface area contributed by atoms with Gasteiger partial charge in [0.2, 0.25) is 5.91 Å². The maximum absolute atomic E-state index is 13.5. The Labute approximate surface area is 471 Å². The van der Waals surface area contributed by atoms with E-state index in [4.69, 9.17) is 13.8 Å². The number of hydrogen-bond donors (Lipinski definition) is 1. The van der Waals surface area contributed by atoms with Gasteiger partial charge in [0.25, 0.3) is 7.82 Å². The van der Waals surface area contributed by atoms with Crippen LogP contribution in [0.25, 0.3) is 0 Å². The summed E-state index contributed by atoms with van der Waals surface area (Å²) in [5.41, 5.74) is 0. The zero-order valence-electron chi connectivity index (χ0n) is 51.0. The number of carbonyl (C=O) groups excluding carboxylic acids is 2. The number of unbranched alkanes of at least 4 members (excludes halogenated alkanes) is 39. The summed E-state index contributed by atoms with van der Waals surface area (Å²) in [6, 6.07) is -0.892. The van der Waals surface area contributed by atoms with Gasteiger partial charge in [-0.1, -0.05) is 294 Å². The van der Waals surface area contributed by atoms with Crippen molar-refractivity contribution in [2.24, 2.45) is 0 Å². The van der Waals surface area contributed by atoms with Crippen molar-refractivity contribution in [3.05, 3.63) is 48.6 Å². The highest BCUT2D eigenvalue weighted by atomic mass is 31.2. The van der Waals surface area contributed by atoms with E-state index in [1.807, 2.05) is 33.3 Å². The molecule has 0 aromatic carbocycles. The molecule has 0 aromatic rings. The van der Waals surface area contributed by atoms with Crippen molar-refractivity contribution in [3.63, 3.8) is 0 Å². The van der Waals surface area contributed by atoms with E-state index < -0.39 is 26.6 Å². The van der Waals surface area contributed by atoms with Crippen LogP contribution in [-0.4, -0.2) is 69.4 Å². The van der Waals surface area contributed by atoms with Gasteiger partial charge in [-0.3, -0.25) is 14.2 Å². The first-order valence-electron chi connectivity index (χ1n) is 32.5. The Balaban J connectivity index is 5.12. The number of quaternary nitrogens is 1. The Morgan fingerprint density at radius 3 is 1.25 bits per heavy atom. The predicted octanol–water partition coefficient (Wildman–Crippen LogP) is 19.4. The van der Waals surface area contributed by atoms with Crippen molar-refractivity contribution >= 4 is 19.7 Å². The van der Waals surface area contributed by atoms with Crippen LogP contribution < -0.4 is 10.2 Å². The van der Waals surface area contributed by atoms with Gasteiger partial charge in [-0.25, -0.2) is 0 Å². The zero-order valence-corrected chi connectivity index (χ0v) is 51.9. The molecular weight excluding hydrogens is 964 g/mol. The predicted molar refractivity (Wildman–Crippen MR) is 326 cm³/mol. The molecule has 0 aliphatic rings. The molecule has 0 rings (SSSR count). The van der Waals surface area contributed by atoms with Crippen molar-refractivity contribution in [2.45, 2.75) is 322 Å². The highest BCUT2D eigenvalue weighted by Crippen LogP contribution is 2.38. The number of allylic oxidation sites excluding steroid dienone is 7. The lowest BCUT2D eigenvalue weighted by Gasteiger charge is -2.30. The van der Waals surface area contributed by atoms with E-state index in [-0.39, 0.29) is 24.9 Å². The van der Waals surface area contributed by atoms with E-state index in [1.165, 1.54) is 199 Å². The molecule has 10 heteroatoms. The van der Waals surface area contributed by atoms with E-state index in [1.54, 1.807) is 0 Å². The fourth-order valence-corrected chi connectivity index (χ4v) is 10.3. The Morgan fingerprint density at radius 2 is 0.842 bits per heavy atom. The molecule has 9 nitrogen and oxygen atoms in total. The van der Waals surface area contributed by atoms with Crippen LogP contribution in [0.2, 0.25) is 0 Å². The van der Waals surface area contributed by atoms with E-state index >= 15 is 0 Å². The van der Waals surface area contributed by atoms with Crippen LogP contribution in [0.1, 0.15) is 310 Å². The summed E-state index contributed by atoms with van der Waals surface area (Å²) in [6.45, 7) is 6.74. The fraction of sp³-hybridized carbons (Fsp3) is 0.848. The summed E-state index contributed by atoms with van der Waals surface area (Å²) < 4.78 is 30.3. The summed E-state index contributed by atoms with van der Waals surface area (Å²) in [5, 5.41) is 3.03. The second-order valence-corrected chi connectivity index (χ2v) is 24.7. The van der Waals surface area contributed by atoms with Gasteiger partial charge in [0.1, 0.15) is 19.3 Å². The Bertz CT molecular complexity index is 1440. The molecule has 76 heavy (non-hydrogen) atoms. The molecule has 0 aliphatic heterocycles. The maximum atomic E-state index is 13.5. The minimum absolute atomic E-state index is 0.0239. The number of phosphoric acid groups is 1. The van der Waals surface area contributed by atoms with Crippen molar-refractivity contribution < 1.29 is 37.3 Å². The third kappa shape index (κ3) is 56.7. The van der Waals surface area contributed by atoms with E-state index in [2.05, 4.69) is 62.5 Å². The number of likely N-dealkylation sites (N-methyl/N-ethyl adjacent to an activating group) is 1. The minimum atomic E-state index is -4.70. The third-order valence-corrected chi connectivity index (χ3v) is 15.5. The molecule has 1 amide bonds. The van der Waals surface area contributed by atoms with Crippen LogP contribution in [0.4, 0.5) is 0 Å². The van der Waals surface area contributed by atoms with Crippen LogP contribution >= 0.6 is 7.82 Å². The average molecular weight is 1090 g/mol. The lowest BCUT2D eigenvalue weighted by molar-refractivity contribution is -0.870. The van der Waals surface area contributed by atoms with Crippen LogP contribution in [0.5, 0.6) is 0 Å². The molecule has 1 N–H and O–H groups in total. The van der Waals surface area contributed by atoms with Gasteiger partial charge >= 0.3 is 5.97 Å². The van der Waals surface area contributed by atoms with Crippen molar-refractivity contribution in [2.75, 3.05) is 40.9 Å². The van der Waals surface area contributed by atoms with Crippen LogP contribution in [-0.2, 0) is 27.9 Å². The summed E-state index contributed by atoms with van der Waals surface area (Å²) >= 11 is 0. The second-order valence-electron chi connectivity index (χ2n) is 23.3. The average Bonchev–Trinajstić information content (AvgIpc) is 3.38. The molecule has 0 saturated carbocycles. The quantitative estimate of drug-likeness (QED) is 0.0161. The molecule has 0 radical (unpaired) electrons. The highest BCUT2D eigenvalue weighted by Gasteiger charge is 2.27. The molecule has 3 atom stereocenters. The number of nitrogens with zero attached hydrogens (tertiary/aromatic N) is 1. The molecule has 0 bridgehead atoms. The highest BCUT2D eigenvalue weighted by molar-refractivity contribution is 7.45. The maximum Gasteiger partial charge on any atom is 0.306 e.